The van der Waals surface area contributed by atoms with Gasteiger partial charge in [-0.25, -0.2) is 4.39 Å². The molecular weight excluding hydrogens is 425 g/mol. The summed E-state index contributed by atoms with van der Waals surface area (Å²) in [6.07, 6.45) is 4.77. The number of Topliss-reactive ketones (excluding diaryl/α,β-unsaturated/α-hetero) is 1. The van der Waals surface area contributed by atoms with Gasteiger partial charge in [0.15, 0.2) is 5.78 Å². The molecule has 1 N–H and O–H groups in total. The molecule has 166 valence electrons. The molecule has 32 heavy (non-hydrogen) atoms. The van der Waals surface area contributed by atoms with Gasteiger partial charge in [-0.1, -0.05) is 24.8 Å². The molecule has 2 aromatic rings. The van der Waals surface area contributed by atoms with Crippen molar-refractivity contribution in [3.05, 3.63) is 81.6 Å². The summed E-state index contributed by atoms with van der Waals surface area (Å²) in [5.74, 6) is -2.05. The van der Waals surface area contributed by atoms with Gasteiger partial charge in [0.2, 0.25) is 0 Å². The summed E-state index contributed by atoms with van der Waals surface area (Å²) in [7, 11) is 0. The van der Waals surface area contributed by atoms with Gasteiger partial charge in [-0.05, 0) is 61.2 Å². The topological polar surface area (TPSA) is 55.4 Å². The number of hydrogen-bond acceptors (Lipinski definition) is 5. The Kier molecular flexibility index (Phi) is 5.72. The van der Waals surface area contributed by atoms with E-state index in [-0.39, 0.29) is 23.8 Å². The number of esters is 1. The number of halogens is 1. The molecule has 6 heteroatoms. The molecule has 3 unspecified atom stereocenters. The maximum absolute atomic E-state index is 14.2. The van der Waals surface area contributed by atoms with Crippen LogP contribution in [0, 0.1) is 11.7 Å². The average Bonchev–Trinajstić information content (AvgIpc) is 3.47. The molecule has 0 amide bonds. The standard InChI is InChI=1S/C26H26FNO3S/c1-15-23(26(30)31-19-8-2-3-9-19)24(16-6-4-7-18(27)12-16)25-20(28-15)13-17(14-21(25)29)22-10-5-11-32-22/h4-7,10-12,17,19,23-24,28H,1-3,8-9,13-14H2. The third-order valence-corrected chi connectivity index (χ3v) is 7.87. The molecule has 0 radical (unpaired) electrons. The molecule has 1 aromatic carbocycles. The van der Waals surface area contributed by atoms with Crippen LogP contribution < -0.4 is 5.32 Å². The molecule has 2 aliphatic carbocycles. The number of ether oxygens (including phenoxy) is 1. The smallest absolute Gasteiger partial charge is 0.316 e. The molecule has 1 aromatic heterocycles. The van der Waals surface area contributed by atoms with Gasteiger partial charge in [0.1, 0.15) is 17.8 Å². The van der Waals surface area contributed by atoms with Crippen LogP contribution >= 0.6 is 11.3 Å². The fourth-order valence-corrected chi connectivity index (χ4v) is 6.19. The van der Waals surface area contributed by atoms with Crippen molar-refractivity contribution in [1.29, 1.82) is 0 Å². The van der Waals surface area contributed by atoms with Gasteiger partial charge in [0, 0.05) is 40.1 Å². The minimum atomic E-state index is -0.765. The third kappa shape index (κ3) is 3.92. The highest BCUT2D eigenvalue weighted by molar-refractivity contribution is 7.10. The van der Waals surface area contributed by atoms with Crippen LogP contribution in [-0.4, -0.2) is 17.9 Å². The molecule has 3 aliphatic rings. The van der Waals surface area contributed by atoms with Gasteiger partial charge < -0.3 is 10.1 Å². The lowest BCUT2D eigenvalue weighted by atomic mass is 9.69. The normalized spacial score (nSPS) is 26.1. The van der Waals surface area contributed by atoms with Crippen molar-refractivity contribution in [1.82, 2.24) is 5.32 Å². The first-order valence-corrected chi connectivity index (χ1v) is 12.1. The highest BCUT2D eigenvalue weighted by Gasteiger charge is 2.46. The molecule has 0 bridgehead atoms. The van der Waals surface area contributed by atoms with E-state index in [1.807, 2.05) is 11.4 Å². The Morgan fingerprint density at radius 1 is 1.16 bits per heavy atom. The summed E-state index contributed by atoms with van der Waals surface area (Å²) in [6.45, 7) is 4.14. The van der Waals surface area contributed by atoms with Crippen LogP contribution in [0.1, 0.15) is 60.8 Å². The fourth-order valence-electron chi connectivity index (χ4n) is 5.36. The summed E-state index contributed by atoms with van der Waals surface area (Å²) in [4.78, 5) is 27.9. The maximum Gasteiger partial charge on any atom is 0.316 e. The van der Waals surface area contributed by atoms with Crippen molar-refractivity contribution in [2.45, 2.75) is 56.5 Å². The van der Waals surface area contributed by atoms with Gasteiger partial charge in [0.25, 0.3) is 0 Å². The number of benzene rings is 1. The monoisotopic (exact) mass is 451 g/mol. The second-order valence-corrected chi connectivity index (χ2v) is 9.92. The Morgan fingerprint density at radius 2 is 1.97 bits per heavy atom. The Hall–Kier alpha value is -2.73. The van der Waals surface area contributed by atoms with Gasteiger partial charge in [-0.15, -0.1) is 11.3 Å². The van der Waals surface area contributed by atoms with Gasteiger partial charge in [-0.3, -0.25) is 9.59 Å². The van der Waals surface area contributed by atoms with Crippen LogP contribution in [0.3, 0.4) is 0 Å². The van der Waals surface area contributed by atoms with E-state index >= 15 is 0 Å². The largest absolute Gasteiger partial charge is 0.462 e. The van der Waals surface area contributed by atoms with Gasteiger partial charge in [-0.2, -0.15) is 0 Å². The van der Waals surface area contributed by atoms with Crippen molar-refractivity contribution in [2.75, 3.05) is 0 Å². The van der Waals surface area contributed by atoms with E-state index in [1.54, 1.807) is 23.5 Å². The molecule has 2 heterocycles. The first kappa shape index (κ1) is 21.1. The predicted octanol–water partition coefficient (Wildman–Crippen LogP) is 5.59. The zero-order chi connectivity index (χ0) is 22.2. The number of carbonyl (C=O) groups is 2. The lowest BCUT2D eigenvalue weighted by Gasteiger charge is -2.40. The van der Waals surface area contributed by atoms with Crippen LogP contribution in [0.25, 0.3) is 0 Å². The summed E-state index contributed by atoms with van der Waals surface area (Å²) < 4.78 is 20.0. The van der Waals surface area contributed by atoms with Gasteiger partial charge >= 0.3 is 5.97 Å². The van der Waals surface area contributed by atoms with E-state index < -0.39 is 17.7 Å². The predicted molar refractivity (Wildman–Crippen MR) is 122 cm³/mol. The molecule has 0 saturated heterocycles. The maximum atomic E-state index is 14.2. The van der Waals surface area contributed by atoms with E-state index in [2.05, 4.69) is 18.0 Å². The van der Waals surface area contributed by atoms with Crippen LogP contribution in [0.5, 0.6) is 0 Å². The average molecular weight is 452 g/mol. The zero-order valence-corrected chi connectivity index (χ0v) is 18.6. The van der Waals surface area contributed by atoms with E-state index in [0.717, 1.165) is 31.4 Å². The van der Waals surface area contributed by atoms with Crippen molar-refractivity contribution < 1.29 is 18.7 Å². The Bertz CT molecular complexity index is 1080. The molecule has 1 fully saturated rings. The Balaban J connectivity index is 1.55. The molecule has 4 nitrogen and oxygen atoms in total. The third-order valence-electron chi connectivity index (χ3n) is 6.83. The van der Waals surface area contributed by atoms with Crippen LogP contribution in [0.2, 0.25) is 0 Å². The van der Waals surface area contributed by atoms with Crippen molar-refractivity contribution in [3.8, 4) is 0 Å². The first-order chi connectivity index (χ1) is 15.5. The molecule has 0 spiro atoms. The van der Waals surface area contributed by atoms with E-state index in [1.165, 1.54) is 17.0 Å². The second-order valence-electron chi connectivity index (χ2n) is 8.94. The van der Waals surface area contributed by atoms with Gasteiger partial charge in [0.05, 0.1) is 0 Å². The van der Waals surface area contributed by atoms with E-state index in [9.17, 15) is 14.0 Å². The van der Waals surface area contributed by atoms with Crippen LogP contribution in [0.15, 0.2) is 65.3 Å². The van der Waals surface area contributed by atoms with Crippen molar-refractivity contribution in [2.24, 2.45) is 5.92 Å². The zero-order valence-electron chi connectivity index (χ0n) is 17.8. The van der Waals surface area contributed by atoms with E-state index in [0.29, 0.717) is 29.7 Å². The lowest BCUT2D eigenvalue weighted by Crippen LogP contribution is -2.42. The number of carbonyl (C=O) groups excluding carboxylic acids is 2. The Labute approximate surface area is 191 Å². The summed E-state index contributed by atoms with van der Waals surface area (Å²) in [5, 5.41) is 5.30. The lowest BCUT2D eigenvalue weighted by molar-refractivity contribution is -0.153. The fraction of sp³-hybridized carbons (Fsp3) is 0.385. The Morgan fingerprint density at radius 3 is 2.69 bits per heavy atom. The molecule has 1 saturated carbocycles. The summed E-state index contributed by atoms with van der Waals surface area (Å²) in [5.41, 5.74) is 2.49. The minimum absolute atomic E-state index is 0.00224. The summed E-state index contributed by atoms with van der Waals surface area (Å²) >= 11 is 1.65. The summed E-state index contributed by atoms with van der Waals surface area (Å²) in [6, 6.07) is 10.2. The number of rotatable bonds is 4. The van der Waals surface area contributed by atoms with Crippen molar-refractivity contribution >= 4 is 23.1 Å². The number of allylic oxidation sites excluding steroid dienone is 2. The van der Waals surface area contributed by atoms with Crippen LogP contribution in [0.4, 0.5) is 4.39 Å². The SMILES string of the molecule is C=C1NC2=C(C(=O)CC(c3cccs3)C2)C(c2cccc(F)c2)C1C(=O)OC1CCCC1. The van der Waals surface area contributed by atoms with Crippen LogP contribution in [-0.2, 0) is 14.3 Å². The second kappa shape index (κ2) is 8.66. The number of thiophene rings is 1. The minimum Gasteiger partial charge on any atom is -0.462 e. The molecule has 1 aliphatic heterocycles. The highest BCUT2D eigenvalue weighted by atomic mass is 32.1. The number of hydrogen-bond donors (Lipinski definition) is 1. The first-order valence-electron chi connectivity index (χ1n) is 11.2. The number of nitrogens with one attached hydrogen (secondary N) is 1. The quantitative estimate of drug-likeness (QED) is 0.616. The molecule has 5 rings (SSSR count). The highest BCUT2D eigenvalue weighted by Crippen LogP contribution is 2.48. The molecule has 3 atom stereocenters. The molecular formula is C26H26FNO3S. The number of ketones is 1. The van der Waals surface area contributed by atoms with E-state index in [4.69, 9.17) is 4.74 Å². The van der Waals surface area contributed by atoms with Crippen molar-refractivity contribution in [3.63, 3.8) is 0 Å².